The van der Waals surface area contributed by atoms with Crippen molar-refractivity contribution >= 4 is 15.9 Å². The first-order valence-electron chi connectivity index (χ1n) is 8.90. The van der Waals surface area contributed by atoms with Gasteiger partial charge < -0.3 is 10.0 Å². The zero-order chi connectivity index (χ0) is 18.4. The van der Waals surface area contributed by atoms with E-state index in [-0.39, 0.29) is 30.0 Å². The number of carbonyl (C=O) groups excluding carboxylic acids is 1. The van der Waals surface area contributed by atoms with E-state index in [9.17, 15) is 13.2 Å². The Morgan fingerprint density at radius 3 is 2.52 bits per heavy atom. The molecule has 0 radical (unpaired) electrons. The summed E-state index contributed by atoms with van der Waals surface area (Å²) >= 11 is 0. The molecule has 1 aliphatic rings. The molecule has 1 aromatic rings. The molecule has 0 aliphatic heterocycles. The van der Waals surface area contributed by atoms with Gasteiger partial charge in [0.25, 0.3) is 5.91 Å². The molecule has 0 heterocycles. The number of likely N-dealkylation sites (N-methyl/N-ethyl adjacent to an activating group) is 1. The van der Waals surface area contributed by atoms with Gasteiger partial charge in [-0.15, -0.1) is 0 Å². The van der Waals surface area contributed by atoms with E-state index in [1.807, 2.05) is 6.92 Å². The standard InChI is InChI=1S/C18H28N2O4S/c1-3-20(12-13-21)18(22)15-8-7-11-17(14-15)25(23,24)19(2)16-9-5-4-6-10-16/h7-8,11,14,16,21H,3-6,9-10,12-13H2,1-2H3. The van der Waals surface area contributed by atoms with E-state index in [4.69, 9.17) is 5.11 Å². The summed E-state index contributed by atoms with van der Waals surface area (Å²) in [6.07, 6.45) is 5.03. The highest BCUT2D eigenvalue weighted by Gasteiger charge is 2.29. The molecule has 1 aliphatic carbocycles. The Hall–Kier alpha value is -1.44. The summed E-state index contributed by atoms with van der Waals surface area (Å²) in [4.78, 5) is 14.2. The molecule has 0 bridgehead atoms. The summed E-state index contributed by atoms with van der Waals surface area (Å²) in [7, 11) is -2.00. The van der Waals surface area contributed by atoms with Gasteiger partial charge in [0, 0.05) is 31.7 Å². The molecule has 140 valence electrons. The fourth-order valence-electron chi connectivity index (χ4n) is 3.30. The minimum absolute atomic E-state index is 0.0274. The Morgan fingerprint density at radius 2 is 1.92 bits per heavy atom. The molecule has 6 nitrogen and oxygen atoms in total. The lowest BCUT2D eigenvalue weighted by Crippen LogP contribution is -2.38. The van der Waals surface area contributed by atoms with Crippen molar-refractivity contribution in [3.05, 3.63) is 29.8 Å². The highest BCUT2D eigenvalue weighted by atomic mass is 32.2. The van der Waals surface area contributed by atoms with E-state index in [0.29, 0.717) is 12.1 Å². The number of benzene rings is 1. The third kappa shape index (κ3) is 4.59. The van der Waals surface area contributed by atoms with Crippen LogP contribution in [0.25, 0.3) is 0 Å². The topological polar surface area (TPSA) is 77.9 Å². The highest BCUT2D eigenvalue weighted by molar-refractivity contribution is 7.89. The Morgan fingerprint density at radius 1 is 1.24 bits per heavy atom. The lowest BCUT2D eigenvalue weighted by Gasteiger charge is -2.30. The second-order valence-electron chi connectivity index (χ2n) is 6.45. The van der Waals surface area contributed by atoms with Gasteiger partial charge in [0.05, 0.1) is 11.5 Å². The SMILES string of the molecule is CCN(CCO)C(=O)c1cccc(S(=O)(=O)N(C)C2CCCCC2)c1. The molecule has 0 saturated heterocycles. The summed E-state index contributed by atoms with van der Waals surface area (Å²) < 4.78 is 27.3. The Balaban J connectivity index is 2.25. The van der Waals surface area contributed by atoms with Gasteiger partial charge in [0.15, 0.2) is 0 Å². The van der Waals surface area contributed by atoms with Crippen LogP contribution < -0.4 is 0 Å². The number of hydrogen-bond acceptors (Lipinski definition) is 4. The van der Waals surface area contributed by atoms with E-state index >= 15 is 0 Å². The summed E-state index contributed by atoms with van der Waals surface area (Å²) in [5.41, 5.74) is 0.327. The molecule has 1 fully saturated rings. The van der Waals surface area contributed by atoms with Crippen LogP contribution in [0.5, 0.6) is 0 Å². The van der Waals surface area contributed by atoms with Crippen molar-refractivity contribution in [3.63, 3.8) is 0 Å². The van der Waals surface area contributed by atoms with Gasteiger partial charge >= 0.3 is 0 Å². The lowest BCUT2D eigenvalue weighted by atomic mass is 9.96. The molecule has 1 N–H and O–H groups in total. The van der Waals surface area contributed by atoms with Gasteiger partial charge in [-0.1, -0.05) is 25.3 Å². The average molecular weight is 368 g/mol. The molecular weight excluding hydrogens is 340 g/mol. The van der Waals surface area contributed by atoms with Crippen LogP contribution in [0.2, 0.25) is 0 Å². The Labute approximate surface area is 150 Å². The van der Waals surface area contributed by atoms with Crippen LogP contribution in [0.3, 0.4) is 0 Å². The maximum Gasteiger partial charge on any atom is 0.253 e. The minimum Gasteiger partial charge on any atom is -0.395 e. The number of nitrogens with zero attached hydrogens (tertiary/aromatic N) is 2. The average Bonchev–Trinajstić information content (AvgIpc) is 2.65. The third-order valence-corrected chi connectivity index (χ3v) is 6.79. The number of carbonyl (C=O) groups is 1. The van der Waals surface area contributed by atoms with E-state index in [2.05, 4.69) is 0 Å². The molecule has 0 unspecified atom stereocenters. The van der Waals surface area contributed by atoms with Crippen LogP contribution in [0.15, 0.2) is 29.2 Å². The molecule has 25 heavy (non-hydrogen) atoms. The highest BCUT2D eigenvalue weighted by Crippen LogP contribution is 2.26. The number of aliphatic hydroxyl groups excluding tert-OH is 1. The Kier molecular flexibility index (Phi) is 6.98. The first-order chi connectivity index (χ1) is 11.9. The fraction of sp³-hybridized carbons (Fsp3) is 0.611. The smallest absolute Gasteiger partial charge is 0.253 e. The molecule has 1 aromatic carbocycles. The molecule has 2 rings (SSSR count). The molecular formula is C18H28N2O4S. The molecule has 1 saturated carbocycles. The van der Waals surface area contributed by atoms with Gasteiger partial charge in [0.1, 0.15) is 0 Å². The molecule has 0 atom stereocenters. The normalized spacial score (nSPS) is 16.2. The van der Waals surface area contributed by atoms with Crippen molar-refractivity contribution in [2.75, 3.05) is 26.7 Å². The van der Waals surface area contributed by atoms with Crippen molar-refractivity contribution in [1.29, 1.82) is 0 Å². The van der Waals surface area contributed by atoms with Crippen LogP contribution in [0.4, 0.5) is 0 Å². The quantitative estimate of drug-likeness (QED) is 0.799. The van der Waals surface area contributed by atoms with Crippen LogP contribution >= 0.6 is 0 Å². The van der Waals surface area contributed by atoms with Crippen molar-refractivity contribution < 1.29 is 18.3 Å². The third-order valence-electron chi connectivity index (χ3n) is 4.89. The predicted molar refractivity (Wildman–Crippen MR) is 96.9 cm³/mol. The predicted octanol–water partition coefficient (Wildman–Crippen LogP) is 2.09. The summed E-state index contributed by atoms with van der Waals surface area (Å²) in [5.74, 6) is -0.270. The number of hydrogen-bond donors (Lipinski definition) is 1. The molecule has 7 heteroatoms. The fourth-order valence-corrected chi connectivity index (χ4v) is 4.77. The van der Waals surface area contributed by atoms with E-state index in [0.717, 1.165) is 32.1 Å². The minimum atomic E-state index is -3.63. The lowest BCUT2D eigenvalue weighted by molar-refractivity contribution is 0.0731. The van der Waals surface area contributed by atoms with Gasteiger partial charge in [0.2, 0.25) is 10.0 Å². The summed E-state index contributed by atoms with van der Waals surface area (Å²) in [5, 5.41) is 9.07. The molecule has 0 spiro atoms. The molecule has 1 amide bonds. The summed E-state index contributed by atoms with van der Waals surface area (Å²) in [6.45, 7) is 2.39. The van der Waals surface area contributed by atoms with Gasteiger partial charge in [-0.2, -0.15) is 4.31 Å². The zero-order valence-corrected chi connectivity index (χ0v) is 15.8. The van der Waals surface area contributed by atoms with Crippen molar-refractivity contribution in [2.24, 2.45) is 0 Å². The Bertz CT molecular complexity index is 684. The van der Waals surface area contributed by atoms with Crippen LogP contribution in [-0.4, -0.2) is 61.4 Å². The number of aliphatic hydroxyl groups is 1. The van der Waals surface area contributed by atoms with Crippen LogP contribution in [0, 0.1) is 0 Å². The second kappa shape index (κ2) is 8.78. The second-order valence-corrected chi connectivity index (χ2v) is 8.45. The monoisotopic (exact) mass is 368 g/mol. The zero-order valence-electron chi connectivity index (χ0n) is 15.0. The van der Waals surface area contributed by atoms with Gasteiger partial charge in [-0.25, -0.2) is 8.42 Å². The van der Waals surface area contributed by atoms with E-state index in [1.54, 1.807) is 19.2 Å². The number of sulfonamides is 1. The van der Waals surface area contributed by atoms with Crippen LogP contribution in [0.1, 0.15) is 49.4 Å². The van der Waals surface area contributed by atoms with Gasteiger partial charge in [-0.05, 0) is 38.0 Å². The first-order valence-corrected chi connectivity index (χ1v) is 10.3. The van der Waals surface area contributed by atoms with Gasteiger partial charge in [-0.3, -0.25) is 4.79 Å². The number of rotatable bonds is 7. The maximum absolute atomic E-state index is 12.9. The maximum atomic E-state index is 12.9. The largest absolute Gasteiger partial charge is 0.395 e. The van der Waals surface area contributed by atoms with Crippen molar-refractivity contribution in [3.8, 4) is 0 Å². The van der Waals surface area contributed by atoms with Crippen molar-refractivity contribution in [2.45, 2.75) is 50.0 Å². The first kappa shape index (κ1) is 19.9. The van der Waals surface area contributed by atoms with Crippen LogP contribution in [-0.2, 0) is 10.0 Å². The number of amides is 1. The summed E-state index contributed by atoms with van der Waals surface area (Å²) in [6, 6.07) is 6.22. The van der Waals surface area contributed by atoms with Crippen molar-refractivity contribution in [1.82, 2.24) is 9.21 Å². The van der Waals surface area contributed by atoms with E-state index in [1.165, 1.54) is 21.3 Å². The van der Waals surface area contributed by atoms with E-state index < -0.39 is 10.0 Å². The molecule has 0 aromatic heterocycles.